The minimum Gasteiger partial charge on any atom is -0.352 e. The summed E-state index contributed by atoms with van der Waals surface area (Å²) in [7, 11) is 0. The van der Waals surface area contributed by atoms with Gasteiger partial charge >= 0.3 is 0 Å². The summed E-state index contributed by atoms with van der Waals surface area (Å²) < 4.78 is 3.84. The summed E-state index contributed by atoms with van der Waals surface area (Å²) in [6, 6.07) is 9.16. The van der Waals surface area contributed by atoms with Crippen LogP contribution in [-0.4, -0.2) is 26.1 Å². The summed E-state index contributed by atoms with van der Waals surface area (Å²) >= 11 is 0. The lowest BCUT2D eigenvalue weighted by molar-refractivity contribution is -0.125. The van der Waals surface area contributed by atoms with Crippen LogP contribution in [0.15, 0.2) is 35.1 Å². The van der Waals surface area contributed by atoms with Gasteiger partial charge in [-0.2, -0.15) is 4.98 Å². The van der Waals surface area contributed by atoms with Crippen molar-refractivity contribution in [1.29, 1.82) is 0 Å². The van der Waals surface area contributed by atoms with Crippen molar-refractivity contribution in [2.45, 2.75) is 58.0 Å². The second-order valence-corrected chi connectivity index (χ2v) is 7.25. The number of fused-ring (bicyclic) bond motifs is 3. The zero-order chi connectivity index (χ0) is 18.3. The fraction of sp³-hybridized carbons (Fsp3) is 0.450. The molecule has 0 aliphatic heterocycles. The standard InChI is InChI=1S/C20H24N4O2/c1-13-12-18(25)22-19-16-10-6-7-11-17(16)24(23(13)19)14(2)20(26)21-15-8-4-3-5-9-15/h6-7,10-12,14-15H,3-5,8-9H2,1-2H3,(H,21,26)/t14-/m0/s1. The van der Waals surface area contributed by atoms with Gasteiger partial charge in [-0.1, -0.05) is 31.4 Å². The number of para-hydroxylation sites is 1. The molecular formula is C20H24N4O2. The summed E-state index contributed by atoms with van der Waals surface area (Å²) in [4.78, 5) is 29.1. The average Bonchev–Trinajstić information content (AvgIpc) is 2.97. The maximum atomic E-state index is 12.9. The van der Waals surface area contributed by atoms with Gasteiger partial charge in [0.05, 0.1) is 5.52 Å². The molecular weight excluding hydrogens is 328 g/mol. The summed E-state index contributed by atoms with van der Waals surface area (Å²) in [6.07, 6.45) is 5.72. The van der Waals surface area contributed by atoms with Crippen LogP contribution in [0.4, 0.5) is 0 Å². The number of nitrogens with one attached hydrogen (secondary N) is 1. The molecule has 26 heavy (non-hydrogen) atoms. The molecule has 0 unspecified atom stereocenters. The number of aryl methyl sites for hydroxylation is 1. The van der Waals surface area contributed by atoms with Gasteiger partial charge in [-0.15, -0.1) is 0 Å². The van der Waals surface area contributed by atoms with E-state index in [9.17, 15) is 9.59 Å². The highest BCUT2D eigenvalue weighted by molar-refractivity contribution is 5.94. The van der Waals surface area contributed by atoms with Gasteiger partial charge in [0.1, 0.15) is 6.04 Å². The molecule has 0 spiro atoms. The Balaban J connectivity index is 1.81. The van der Waals surface area contributed by atoms with Gasteiger partial charge in [-0.3, -0.25) is 14.3 Å². The summed E-state index contributed by atoms with van der Waals surface area (Å²) in [6.45, 7) is 3.78. The predicted octanol–water partition coefficient (Wildman–Crippen LogP) is 2.97. The monoisotopic (exact) mass is 352 g/mol. The molecule has 136 valence electrons. The first-order valence-corrected chi connectivity index (χ1v) is 9.36. The molecule has 0 saturated heterocycles. The van der Waals surface area contributed by atoms with Gasteiger partial charge < -0.3 is 5.32 Å². The molecule has 3 aromatic rings. The van der Waals surface area contributed by atoms with E-state index in [-0.39, 0.29) is 17.5 Å². The molecule has 2 heterocycles. The minimum atomic E-state index is -0.401. The Kier molecular flexibility index (Phi) is 4.26. The van der Waals surface area contributed by atoms with E-state index < -0.39 is 6.04 Å². The Bertz CT molecular complexity index is 1030. The van der Waals surface area contributed by atoms with Crippen LogP contribution in [0.5, 0.6) is 0 Å². The van der Waals surface area contributed by atoms with E-state index in [1.54, 1.807) is 0 Å². The second-order valence-electron chi connectivity index (χ2n) is 7.25. The molecule has 1 aliphatic rings. The first-order valence-electron chi connectivity index (χ1n) is 9.36. The van der Waals surface area contributed by atoms with Crippen LogP contribution >= 0.6 is 0 Å². The third-order valence-corrected chi connectivity index (χ3v) is 5.39. The second kappa shape index (κ2) is 6.59. The highest BCUT2D eigenvalue weighted by atomic mass is 16.2. The van der Waals surface area contributed by atoms with Crippen molar-refractivity contribution < 1.29 is 4.79 Å². The number of amides is 1. The van der Waals surface area contributed by atoms with Gasteiger partial charge in [-0.25, -0.2) is 4.52 Å². The number of hydrogen-bond acceptors (Lipinski definition) is 3. The van der Waals surface area contributed by atoms with Crippen molar-refractivity contribution in [3.63, 3.8) is 0 Å². The maximum absolute atomic E-state index is 12.9. The maximum Gasteiger partial charge on any atom is 0.273 e. The Morgan fingerprint density at radius 1 is 1.23 bits per heavy atom. The number of rotatable bonds is 3. The SMILES string of the molecule is Cc1cc(=O)nc2c3ccccc3n([C@@H](C)C(=O)NC3CCCCC3)n12. The number of aromatic nitrogens is 3. The lowest BCUT2D eigenvalue weighted by Crippen LogP contribution is -2.40. The molecule has 2 aromatic heterocycles. The van der Waals surface area contributed by atoms with Crippen molar-refractivity contribution in [1.82, 2.24) is 19.5 Å². The lowest BCUT2D eigenvalue weighted by atomic mass is 9.95. The molecule has 4 rings (SSSR count). The van der Waals surface area contributed by atoms with Gasteiger partial charge in [0.25, 0.3) is 5.56 Å². The largest absolute Gasteiger partial charge is 0.352 e. The first-order chi connectivity index (χ1) is 12.6. The Morgan fingerprint density at radius 3 is 2.73 bits per heavy atom. The van der Waals surface area contributed by atoms with Crippen LogP contribution in [-0.2, 0) is 4.79 Å². The quantitative estimate of drug-likeness (QED) is 0.788. The van der Waals surface area contributed by atoms with Gasteiger partial charge in [0, 0.05) is 23.2 Å². The number of hydrogen-bond donors (Lipinski definition) is 1. The van der Waals surface area contributed by atoms with Crippen molar-refractivity contribution >= 4 is 22.5 Å². The number of carbonyl (C=O) groups is 1. The van der Waals surface area contributed by atoms with Crippen LogP contribution < -0.4 is 10.9 Å². The molecule has 1 amide bonds. The van der Waals surface area contributed by atoms with E-state index in [1.807, 2.05) is 47.3 Å². The molecule has 0 bridgehead atoms. The van der Waals surface area contributed by atoms with Crippen molar-refractivity contribution in [3.8, 4) is 0 Å². The lowest BCUT2D eigenvalue weighted by Gasteiger charge is -2.25. The van der Waals surface area contributed by atoms with E-state index in [4.69, 9.17) is 0 Å². The zero-order valence-corrected chi connectivity index (χ0v) is 15.2. The zero-order valence-electron chi connectivity index (χ0n) is 15.2. The Labute approximate surface area is 151 Å². The average molecular weight is 352 g/mol. The van der Waals surface area contributed by atoms with Crippen LogP contribution in [0.1, 0.15) is 50.8 Å². The van der Waals surface area contributed by atoms with Gasteiger partial charge in [0.15, 0.2) is 5.65 Å². The van der Waals surface area contributed by atoms with Crippen LogP contribution in [0, 0.1) is 6.92 Å². The van der Waals surface area contributed by atoms with E-state index in [1.165, 1.54) is 25.3 Å². The van der Waals surface area contributed by atoms with Crippen LogP contribution in [0.25, 0.3) is 16.6 Å². The van der Waals surface area contributed by atoms with E-state index in [0.717, 1.165) is 29.4 Å². The number of benzene rings is 1. The topological polar surface area (TPSA) is 68.4 Å². The highest BCUT2D eigenvalue weighted by Gasteiger charge is 2.24. The van der Waals surface area contributed by atoms with Crippen molar-refractivity contribution in [2.75, 3.05) is 0 Å². The smallest absolute Gasteiger partial charge is 0.273 e. The predicted molar refractivity (Wildman–Crippen MR) is 101 cm³/mol. The third kappa shape index (κ3) is 2.79. The molecule has 1 saturated carbocycles. The Hall–Kier alpha value is -2.63. The number of carbonyl (C=O) groups excluding carboxylic acids is 1. The summed E-state index contributed by atoms with van der Waals surface area (Å²) in [5.41, 5.74) is 2.01. The fourth-order valence-corrected chi connectivity index (χ4v) is 4.07. The molecule has 1 aromatic carbocycles. The van der Waals surface area contributed by atoms with Gasteiger partial charge in [0.2, 0.25) is 5.91 Å². The van der Waals surface area contributed by atoms with Gasteiger partial charge in [-0.05, 0) is 38.8 Å². The molecule has 1 atom stereocenters. The Morgan fingerprint density at radius 2 is 1.96 bits per heavy atom. The van der Waals surface area contributed by atoms with E-state index in [0.29, 0.717) is 5.65 Å². The molecule has 6 heteroatoms. The molecule has 1 fully saturated rings. The molecule has 6 nitrogen and oxygen atoms in total. The van der Waals surface area contributed by atoms with Crippen LogP contribution in [0.3, 0.4) is 0 Å². The van der Waals surface area contributed by atoms with Crippen LogP contribution in [0.2, 0.25) is 0 Å². The normalized spacial score (nSPS) is 16.8. The number of nitrogens with zero attached hydrogens (tertiary/aromatic N) is 3. The van der Waals surface area contributed by atoms with E-state index in [2.05, 4.69) is 10.3 Å². The van der Waals surface area contributed by atoms with E-state index >= 15 is 0 Å². The molecule has 1 N–H and O–H groups in total. The molecule has 0 radical (unpaired) electrons. The fourth-order valence-electron chi connectivity index (χ4n) is 4.07. The first kappa shape index (κ1) is 16.8. The summed E-state index contributed by atoms with van der Waals surface area (Å²) in [5.74, 6) is 0.0117. The molecule has 1 aliphatic carbocycles. The highest BCUT2D eigenvalue weighted by Crippen LogP contribution is 2.25. The third-order valence-electron chi connectivity index (χ3n) is 5.39. The van der Waals surface area contributed by atoms with Crippen molar-refractivity contribution in [3.05, 3.63) is 46.4 Å². The minimum absolute atomic E-state index is 0.0117. The van der Waals surface area contributed by atoms with Crippen molar-refractivity contribution in [2.24, 2.45) is 0 Å². The summed E-state index contributed by atoms with van der Waals surface area (Å²) in [5, 5.41) is 4.09.